The first-order valence-electron chi connectivity index (χ1n) is 10.5. The maximum absolute atomic E-state index is 5.33. The van der Waals surface area contributed by atoms with Gasteiger partial charge in [0.05, 0.1) is 25.6 Å². The third-order valence-corrected chi connectivity index (χ3v) is 5.52. The summed E-state index contributed by atoms with van der Waals surface area (Å²) in [5.74, 6) is 8.38. The molecule has 0 aliphatic rings. The van der Waals surface area contributed by atoms with Gasteiger partial charge in [0.25, 0.3) is 0 Å². The van der Waals surface area contributed by atoms with E-state index in [0.717, 1.165) is 56.3 Å². The largest absolute Gasteiger partial charge is 0.497 e. The molecule has 1 aromatic heterocycles. The molecule has 3 aromatic carbocycles. The van der Waals surface area contributed by atoms with E-state index in [1.165, 1.54) is 0 Å². The third kappa shape index (κ3) is 4.36. The molecule has 0 saturated carbocycles. The highest BCUT2D eigenvalue weighted by Gasteiger charge is 2.16. The van der Waals surface area contributed by atoms with Crippen LogP contribution in [0, 0.1) is 25.7 Å². The predicted octanol–water partition coefficient (Wildman–Crippen LogP) is 6.45. The van der Waals surface area contributed by atoms with Crippen LogP contribution in [0.3, 0.4) is 0 Å². The van der Waals surface area contributed by atoms with Gasteiger partial charge in [-0.3, -0.25) is 0 Å². The fraction of sp³-hybridized carbons (Fsp3) is 0.138. The van der Waals surface area contributed by atoms with Gasteiger partial charge in [-0.05, 0) is 85.6 Å². The van der Waals surface area contributed by atoms with Crippen LogP contribution in [0.5, 0.6) is 11.5 Å². The molecule has 4 aromatic rings. The zero-order chi connectivity index (χ0) is 22.5. The van der Waals surface area contributed by atoms with Crippen molar-refractivity contribution in [2.45, 2.75) is 13.8 Å². The van der Waals surface area contributed by atoms with Crippen molar-refractivity contribution in [3.63, 3.8) is 0 Å². The minimum atomic E-state index is 0.818. The molecule has 0 saturated heterocycles. The average molecular weight is 420 g/mol. The molecular weight excluding hydrogens is 394 g/mol. The fourth-order valence-corrected chi connectivity index (χ4v) is 3.70. The Hall–Kier alpha value is -4.03. The lowest BCUT2D eigenvalue weighted by Gasteiger charge is -2.16. The Kier molecular flexibility index (Phi) is 6.24. The third-order valence-electron chi connectivity index (χ3n) is 5.52. The second-order valence-corrected chi connectivity index (χ2v) is 7.51. The Bertz CT molecular complexity index is 1210. The first-order valence-corrected chi connectivity index (χ1v) is 10.5. The zero-order valence-corrected chi connectivity index (χ0v) is 18.8. The Morgan fingerprint density at radius 3 is 1.50 bits per heavy atom. The molecule has 0 fully saturated rings. The van der Waals surface area contributed by atoms with Crippen molar-refractivity contribution in [1.82, 2.24) is 4.98 Å². The molecule has 158 valence electrons. The van der Waals surface area contributed by atoms with Crippen LogP contribution in [0.25, 0.3) is 22.5 Å². The van der Waals surface area contributed by atoms with Crippen molar-refractivity contribution in [2.24, 2.45) is 0 Å². The van der Waals surface area contributed by atoms with Crippen LogP contribution >= 0.6 is 0 Å². The average Bonchev–Trinajstić information content (AvgIpc) is 2.85. The highest BCUT2D eigenvalue weighted by Crippen LogP contribution is 2.33. The van der Waals surface area contributed by atoms with Gasteiger partial charge < -0.3 is 9.47 Å². The summed E-state index contributed by atoms with van der Waals surface area (Å²) in [4.78, 5) is 5.09. The normalized spacial score (nSPS) is 10.2. The summed E-state index contributed by atoms with van der Waals surface area (Å²) in [6, 6.07) is 26.0. The van der Waals surface area contributed by atoms with Crippen LogP contribution in [0.1, 0.15) is 22.3 Å². The van der Waals surface area contributed by atoms with Crippen molar-refractivity contribution >= 4 is 0 Å². The van der Waals surface area contributed by atoms with Crippen molar-refractivity contribution in [1.29, 1.82) is 0 Å². The van der Waals surface area contributed by atoms with E-state index in [-0.39, 0.29) is 0 Å². The lowest BCUT2D eigenvalue weighted by atomic mass is 9.94. The van der Waals surface area contributed by atoms with Crippen LogP contribution in [0.2, 0.25) is 0 Å². The molecule has 0 spiro atoms. The minimum absolute atomic E-state index is 0.818. The van der Waals surface area contributed by atoms with Gasteiger partial charge in [0, 0.05) is 22.3 Å². The highest BCUT2D eigenvalue weighted by molar-refractivity contribution is 5.76. The molecule has 1 heterocycles. The second-order valence-electron chi connectivity index (χ2n) is 7.51. The van der Waals surface area contributed by atoms with E-state index in [9.17, 15) is 0 Å². The van der Waals surface area contributed by atoms with Gasteiger partial charge in [0.2, 0.25) is 0 Å². The number of benzene rings is 3. The zero-order valence-electron chi connectivity index (χ0n) is 18.8. The van der Waals surface area contributed by atoms with Gasteiger partial charge in [-0.2, -0.15) is 0 Å². The number of nitrogens with zero attached hydrogens (tertiary/aromatic N) is 1. The summed E-state index contributed by atoms with van der Waals surface area (Å²) in [7, 11) is 3.34. The summed E-state index contributed by atoms with van der Waals surface area (Å²) in [5.41, 5.74) is 8.01. The molecule has 0 atom stereocenters. The van der Waals surface area contributed by atoms with Crippen LogP contribution in [-0.2, 0) is 0 Å². The maximum Gasteiger partial charge on any atom is 0.118 e. The number of methoxy groups -OCH3 is 2. The number of ether oxygens (including phenoxy) is 2. The van der Waals surface area contributed by atoms with Crippen molar-refractivity contribution in [3.8, 4) is 45.9 Å². The van der Waals surface area contributed by atoms with Gasteiger partial charge in [0.15, 0.2) is 0 Å². The van der Waals surface area contributed by atoms with E-state index >= 15 is 0 Å². The summed E-state index contributed by atoms with van der Waals surface area (Å²) in [6.45, 7) is 4.18. The van der Waals surface area contributed by atoms with E-state index in [0.29, 0.717) is 0 Å². The van der Waals surface area contributed by atoms with Crippen molar-refractivity contribution in [3.05, 3.63) is 101 Å². The Labute approximate surface area is 189 Å². The molecule has 3 heteroatoms. The molecule has 0 aliphatic carbocycles. The van der Waals surface area contributed by atoms with Gasteiger partial charge in [-0.25, -0.2) is 4.98 Å². The monoisotopic (exact) mass is 419 g/mol. The van der Waals surface area contributed by atoms with E-state index in [4.69, 9.17) is 14.5 Å². The summed E-state index contributed by atoms with van der Waals surface area (Å²) in [6.07, 6.45) is 0. The number of hydrogen-bond acceptors (Lipinski definition) is 3. The summed E-state index contributed by atoms with van der Waals surface area (Å²) < 4.78 is 10.7. The van der Waals surface area contributed by atoms with Gasteiger partial charge in [-0.1, -0.05) is 30.0 Å². The van der Waals surface area contributed by atoms with E-state index in [2.05, 4.69) is 25.7 Å². The molecule has 0 amide bonds. The number of hydrogen-bond donors (Lipinski definition) is 0. The fourth-order valence-electron chi connectivity index (χ4n) is 3.70. The second kappa shape index (κ2) is 9.41. The molecule has 3 nitrogen and oxygen atoms in total. The summed E-state index contributed by atoms with van der Waals surface area (Å²) >= 11 is 0. The summed E-state index contributed by atoms with van der Waals surface area (Å²) in [5, 5.41) is 0. The SMILES string of the molecule is COc1ccc(-c2nc(-c3ccc(OC)cc3)c(C)c(C#Cc3ccccc3)c2C)cc1. The number of pyridine rings is 1. The van der Waals surface area contributed by atoms with Crippen LogP contribution in [0.4, 0.5) is 0 Å². The Morgan fingerprint density at radius 1 is 0.594 bits per heavy atom. The standard InChI is InChI=1S/C29H25NO2/c1-20-27(19-10-22-8-6-5-7-9-22)21(2)29(24-13-17-26(32-4)18-14-24)30-28(20)23-11-15-25(31-3)16-12-23/h5-9,11-18H,1-4H3. The highest BCUT2D eigenvalue weighted by atomic mass is 16.5. The van der Waals surface area contributed by atoms with Crippen molar-refractivity contribution in [2.75, 3.05) is 14.2 Å². The quantitative estimate of drug-likeness (QED) is 0.356. The number of aromatic nitrogens is 1. The number of rotatable bonds is 4. The Morgan fingerprint density at radius 2 is 1.06 bits per heavy atom. The lowest BCUT2D eigenvalue weighted by molar-refractivity contribution is 0.415. The first kappa shape index (κ1) is 21.2. The molecular formula is C29H25NO2. The Balaban J connectivity index is 1.91. The molecule has 0 unspecified atom stereocenters. The van der Waals surface area contributed by atoms with E-state index < -0.39 is 0 Å². The molecule has 0 N–H and O–H groups in total. The van der Waals surface area contributed by atoms with E-state index in [1.807, 2.05) is 78.9 Å². The van der Waals surface area contributed by atoms with Crippen LogP contribution < -0.4 is 9.47 Å². The van der Waals surface area contributed by atoms with Gasteiger partial charge >= 0.3 is 0 Å². The minimum Gasteiger partial charge on any atom is -0.497 e. The first-order chi connectivity index (χ1) is 15.6. The van der Waals surface area contributed by atoms with Crippen LogP contribution in [-0.4, -0.2) is 19.2 Å². The topological polar surface area (TPSA) is 31.4 Å². The maximum atomic E-state index is 5.33. The lowest BCUT2D eigenvalue weighted by Crippen LogP contribution is -2.01. The molecule has 0 aliphatic heterocycles. The van der Waals surface area contributed by atoms with Crippen LogP contribution in [0.15, 0.2) is 78.9 Å². The predicted molar refractivity (Wildman–Crippen MR) is 130 cm³/mol. The molecule has 4 rings (SSSR count). The van der Waals surface area contributed by atoms with Gasteiger partial charge in [0.1, 0.15) is 11.5 Å². The molecule has 32 heavy (non-hydrogen) atoms. The van der Waals surface area contributed by atoms with E-state index in [1.54, 1.807) is 14.2 Å². The smallest absolute Gasteiger partial charge is 0.118 e. The van der Waals surface area contributed by atoms with Crippen molar-refractivity contribution < 1.29 is 9.47 Å². The molecule has 0 bridgehead atoms. The molecule has 0 radical (unpaired) electrons. The van der Waals surface area contributed by atoms with Gasteiger partial charge in [-0.15, -0.1) is 0 Å².